The van der Waals surface area contributed by atoms with Crippen molar-refractivity contribution in [1.29, 1.82) is 0 Å². The fourth-order valence-corrected chi connectivity index (χ4v) is 2.89. The molecule has 1 aliphatic heterocycles. The lowest BCUT2D eigenvalue weighted by molar-refractivity contribution is -0.139. The lowest BCUT2D eigenvalue weighted by atomic mass is 10.1. The lowest BCUT2D eigenvalue weighted by Gasteiger charge is -2.34. The average Bonchev–Trinajstić information content (AvgIpc) is 2.67. The number of carboxylic acids is 1. The van der Waals surface area contributed by atoms with E-state index in [1.807, 2.05) is 42.5 Å². The summed E-state index contributed by atoms with van der Waals surface area (Å²) in [5.74, 6) is -0.320. The Labute approximate surface area is 152 Å². The largest absolute Gasteiger partial charge is 0.489 e. The number of rotatable bonds is 6. The van der Waals surface area contributed by atoms with Crippen LogP contribution in [0.1, 0.15) is 22.3 Å². The Morgan fingerprint density at radius 1 is 1.12 bits per heavy atom. The summed E-state index contributed by atoms with van der Waals surface area (Å²) in [6.45, 7) is 1.49. The van der Waals surface area contributed by atoms with Crippen molar-refractivity contribution >= 4 is 11.9 Å². The molecule has 1 fully saturated rings. The number of hydrogen-bond donors (Lipinski definition) is 1. The Kier molecular flexibility index (Phi) is 5.86. The molecule has 2 aromatic rings. The number of aliphatic carboxylic acids is 1. The van der Waals surface area contributed by atoms with E-state index in [0.29, 0.717) is 25.3 Å². The van der Waals surface area contributed by atoms with E-state index in [2.05, 4.69) is 0 Å². The number of carboxylic acid groups (broad SMARTS) is 1. The van der Waals surface area contributed by atoms with Crippen LogP contribution in [0.2, 0.25) is 0 Å². The quantitative estimate of drug-likeness (QED) is 0.862. The number of ether oxygens (including phenoxy) is 2. The molecular weight excluding hydrogens is 334 g/mol. The van der Waals surface area contributed by atoms with Crippen LogP contribution in [-0.4, -0.2) is 47.7 Å². The SMILES string of the molecule is O=C(O)CC1COCCN1C(=O)c1ccc(COc2ccccc2)cc1. The third kappa shape index (κ3) is 4.61. The summed E-state index contributed by atoms with van der Waals surface area (Å²) >= 11 is 0. The second-order valence-corrected chi connectivity index (χ2v) is 6.12. The summed E-state index contributed by atoms with van der Waals surface area (Å²) in [6, 6.07) is 16.3. The zero-order chi connectivity index (χ0) is 18.4. The number of hydrogen-bond acceptors (Lipinski definition) is 4. The molecule has 0 aromatic heterocycles. The molecule has 2 aromatic carbocycles. The van der Waals surface area contributed by atoms with Crippen molar-refractivity contribution in [2.24, 2.45) is 0 Å². The van der Waals surface area contributed by atoms with E-state index >= 15 is 0 Å². The first kappa shape index (κ1) is 17.9. The van der Waals surface area contributed by atoms with E-state index in [9.17, 15) is 9.59 Å². The highest BCUT2D eigenvalue weighted by atomic mass is 16.5. The minimum absolute atomic E-state index is 0.116. The van der Waals surface area contributed by atoms with E-state index in [-0.39, 0.29) is 18.9 Å². The molecule has 3 rings (SSSR count). The van der Waals surface area contributed by atoms with E-state index in [1.165, 1.54) is 0 Å². The van der Waals surface area contributed by atoms with Gasteiger partial charge in [0.25, 0.3) is 5.91 Å². The molecule has 0 saturated carbocycles. The molecule has 1 heterocycles. The molecule has 1 aliphatic rings. The van der Waals surface area contributed by atoms with Crippen molar-refractivity contribution in [3.05, 3.63) is 65.7 Å². The van der Waals surface area contributed by atoms with Crippen molar-refractivity contribution in [3.63, 3.8) is 0 Å². The van der Waals surface area contributed by atoms with Gasteiger partial charge < -0.3 is 19.5 Å². The second kappa shape index (κ2) is 8.49. The Balaban J connectivity index is 1.63. The minimum atomic E-state index is -0.938. The number of carbonyl (C=O) groups is 2. The number of benzene rings is 2. The van der Waals surface area contributed by atoms with Gasteiger partial charge in [0.2, 0.25) is 0 Å². The van der Waals surface area contributed by atoms with Crippen LogP contribution in [0.5, 0.6) is 5.75 Å². The highest BCUT2D eigenvalue weighted by Gasteiger charge is 2.29. The molecule has 1 saturated heterocycles. The second-order valence-electron chi connectivity index (χ2n) is 6.12. The van der Waals surface area contributed by atoms with Crippen molar-refractivity contribution in [2.45, 2.75) is 19.1 Å². The summed E-state index contributed by atoms with van der Waals surface area (Å²) in [6.07, 6.45) is -0.116. The van der Waals surface area contributed by atoms with Crippen LogP contribution in [0.15, 0.2) is 54.6 Å². The third-order valence-corrected chi connectivity index (χ3v) is 4.25. The van der Waals surface area contributed by atoms with E-state index in [0.717, 1.165) is 11.3 Å². The Bertz CT molecular complexity index is 745. The molecule has 0 spiro atoms. The topological polar surface area (TPSA) is 76.1 Å². The van der Waals surface area contributed by atoms with Crippen molar-refractivity contribution in [2.75, 3.05) is 19.8 Å². The Morgan fingerprint density at radius 3 is 2.54 bits per heavy atom. The summed E-state index contributed by atoms with van der Waals surface area (Å²) in [7, 11) is 0. The summed E-state index contributed by atoms with van der Waals surface area (Å²) in [4.78, 5) is 25.3. The lowest BCUT2D eigenvalue weighted by Crippen LogP contribution is -2.49. The number of para-hydroxylation sites is 1. The van der Waals surface area contributed by atoms with Gasteiger partial charge in [0, 0.05) is 12.1 Å². The third-order valence-electron chi connectivity index (χ3n) is 4.25. The maximum absolute atomic E-state index is 12.7. The molecule has 1 atom stereocenters. The Morgan fingerprint density at radius 2 is 1.85 bits per heavy atom. The van der Waals surface area contributed by atoms with Crippen LogP contribution in [0.4, 0.5) is 0 Å². The van der Waals surface area contributed by atoms with Gasteiger partial charge in [0.05, 0.1) is 25.7 Å². The maximum atomic E-state index is 12.7. The molecule has 6 heteroatoms. The van der Waals surface area contributed by atoms with Gasteiger partial charge in [-0.15, -0.1) is 0 Å². The van der Waals surface area contributed by atoms with Gasteiger partial charge in [-0.2, -0.15) is 0 Å². The van der Waals surface area contributed by atoms with Gasteiger partial charge in [-0.3, -0.25) is 9.59 Å². The van der Waals surface area contributed by atoms with Crippen molar-refractivity contribution in [3.8, 4) is 5.75 Å². The molecule has 1 N–H and O–H groups in total. The van der Waals surface area contributed by atoms with Crippen LogP contribution in [0.3, 0.4) is 0 Å². The van der Waals surface area contributed by atoms with Crippen LogP contribution in [0, 0.1) is 0 Å². The average molecular weight is 355 g/mol. The highest BCUT2D eigenvalue weighted by molar-refractivity contribution is 5.94. The highest BCUT2D eigenvalue weighted by Crippen LogP contribution is 2.17. The number of nitrogens with zero attached hydrogens (tertiary/aromatic N) is 1. The number of amides is 1. The zero-order valence-corrected chi connectivity index (χ0v) is 14.3. The molecule has 6 nitrogen and oxygen atoms in total. The van der Waals surface area contributed by atoms with Gasteiger partial charge in [-0.1, -0.05) is 30.3 Å². The molecule has 0 aliphatic carbocycles. The van der Waals surface area contributed by atoms with Crippen molar-refractivity contribution < 1.29 is 24.2 Å². The molecule has 0 radical (unpaired) electrons. The van der Waals surface area contributed by atoms with E-state index in [1.54, 1.807) is 17.0 Å². The summed E-state index contributed by atoms with van der Waals surface area (Å²) in [5, 5.41) is 9.02. The van der Waals surface area contributed by atoms with Crippen molar-refractivity contribution in [1.82, 2.24) is 4.90 Å². The standard InChI is InChI=1S/C20H21NO5/c22-19(23)12-17-14-25-11-10-21(17)20(24)16-8-6-15(7-9-16)13-26-18-4-2-1-3-5-18/h1-9,17H,10-14H2,(H,22,23). The molecule has 0 bridgehead atoms. The van der Waals surface area contributed by atoms with E-state index < -0.39 is 12.0 Å². The van der Waals surface area contributed by atoms with E-state index in [4.69, 9.17) is 14.6 Å². The van der Waals surface area contributed by atoms with Gasteiger partial charge in [0.15, 0.2) is 0 Å². The number of morpholine rings is 1. The predicted molar refractivity (Wildman–Crippen MR) is 95.1 cm³/mol. The monoisotopic (exact) mass is 355 g/mol. The van der Waals surface area contributed by atoms with Crippen LogP contribution >= 0.6 is 0 Å². The van der Waals surface area contributed by atoms with Crippen LogP contribution < -0.4 is 4.74 Å². The normalized spacial score (nSPS) is 16.9. The van der Waals surface area contributed by atoms with Crippen LogP contribution in [0.25, 0.3) is 0 Å². The molecule has 1 amide bonds. The maximum Gasteiger partial charge on any atom is 0.305 e. The fraction of sp³-hybridized carbons (Fsp3) is 0.300. The Hall–Kier alpha value is -2.86. The first-order chi connectivity index (χ1) is 12.6. The number of carbonyl (C=O) groups excluding carboxylic acids is 1. The van der Waals surface area contributed by atoms with Gasteiger partial charge in [-0.05, 0) is 29.8 Å². The molecule has 136 valence electrons. The van der Waals surface area contributed by atoms with Gasteiger partial charge >= 0.3 is 5.97 Å². The fourth-order valence-electron chi connectivity index (χ4n) is 2.89. The first-order valence-electron chi connectivity index (χ1n) is 8.51. The molecule has 1 unspecified atom stereocenters. The first-order valence-corrected chi connectivity index (χ1v) is 8.51. The van der Waals surface area contributed by atoms with Gasteiger partial charge in [0.1, 0.15) is 12.4 Å². The molecular formula is C20H21NO5. The van der Waals surface area contributed by atoms with Crippen LogP contribution in [-0.2, 0) is 16.1 Å². The molecule has 26 heavy (non-hydrogen) atoms. The summed E-state index contributed by atoms with van der Waals surface area (Å²) in [5.41, 5.74) is 1.49. The summed E-state index contributed by atoms with van der Waals surface area (Å²) < 4.78 is 11.0. The van der Waals surface area contributed by atoms with Gasteiger partial charge in [-0.25, -0.2) is 0 Å². The smallest absolute Gasteiger partial charge is 0.305 e. The minimum Gasteiger partial charge on any atom is -0.489 e. The zero-order valence-electron chi connectivity index (χ0n) is 14.3. The predicted octanol–water partition coefficient (Wildman–Crippen LogP) is 2.58.